The monoisotopic (exact) mass is 400 g/mol. The maximum atomic E-state index is 11.8. The normalized spacial score (nSPS) is 12.0. The molecule has 0 aliphatic rings. The smallest absolute Gasteiger partial charge is 0.321 e. The molecule has 5 nitrogen and oxygen atoms in total. The molecule has 152 valence electrons. The van der Waals surface area contributed by atoms with E-state index in [1.54, 1.807) is 0 Å². The second-order valence-electron chi connectivity index (χ2n) is 7.26. The molecule has 1 aromatic heterocycles. The van der Waals surface area contributed by atoms with Crippen molar-refractivity contribution in [3.05, 3.63) is 102 Å². The molecule has 4 rings (SSSR count). The fraction of sp³-hybridized carbons (Fsp3) is 0.160. The highest BCUT2D eigenvalue weighted by molar-refractivity contribution is 5.84. The number of para-hydroxylation sites is 1. The highest BCUT2D eigenvalue weighted by Gasteiger charge is 2.19. The van der Waals surface area contributed by atoms with Crippen LogP contribution in [0, 0.1) is 0 Å². The Morgan fingerprint density at radius 2 is 1.73 bits per heavy atom. The first-order valence-corrected chi connectivity index (χ1v) is 9.96. The molecule has 4 aromatic rings. The van der Waals surface area contributed by atoms with E-state index in [2.05, 4.69) is 10.3 Å². The van der Waals surface area contributed by atoms with Gasteiger partial charge in [0.05, 0.1) is 0 Å². The Morgan fingerprint density at radius 1 is 0.967 bits per heavy atom. The van der Waals surface area contributed by atoms with Crippen molar-refractivity contribution in [2.24, 2.45) is 0 Å². The van der Waals surface area contributed by atoms with Crippen LogP contribution in [0.5, 0.6) is 5.75 Å². The molecule has 30 heavy (non-hydrogen) atoms. The standard InChI is InChI=1S/C25H24N2O3/c28-25(29)24(14-20-16-27-23-12-5-4-11-22(20)23)26-15-19-9-6-10-21(13-19)30-17-18-7-2-1-3-8-18/h1-13,16,24,26-27H,14-15,17H2,(H,28,29)/t24-/m1/s1. The van der Waals surface area contributed by atoms with Crippen molar-refractivity contribution in [3.8, 4) is 5.75 Å². The maximum absolute atomic E-state index is 11.8. The van der Waals surface area contributed by atoms with Crippen molar-refractivity contribution in [1.82, 2.24) is 10.3 Å². The highest BCUT2D eigenvalue weighted by atomic mass is 16.5. The summed E-state index contributed by atoms with van der Waals surface area (Å²) in [6, 6.07) is 25.0. The number of aromatic nitrogens is 1. The van der Waals surface area contributed by atoms with Gasteiger partial charge in [0.2, 0.25) is 0 Å². The Hall–Kier alpha value is -3.57. The third-order valence-corrected chi connectivity index (χ3v) is 5.10. The van der Waals surface area contributed by atoms with Gasteiger partial charge in [-0.3, -0.25) is 4.79 Å². The Kier molecular flexibility index (Phi) is 6.11. The lowest BCUT2D eigenvalue weighted by molar-refractivity contribution is -0.139. The number of aromatic amines is 1. The summed E-state index contributed by atoms with van der Waals surface area (Å²) in [5, 5.41) is 13.9. The molecule has 0 spiro atoms. The largest absolute Gasteiger partial charge is 0.489 e. The molecule has 0 saturated carbocycles. The molecule has 1 heterocycles. The molecule has 5 heteroatoms. The maximum Gasteiger partial charge on any atom is 0.321 e. The van der Waals surface area contributed by atoms with Crippen molar-refractivity contribution in [1.29, 1.82) is 0 Å². The van der Waals surface area contributed by atoms with E-state index in [0.717, 1.165) is 33.3 Å². The fourth-order valence-corrected chi connectivity index (χ4v) is 3.49. The van der Waals surface area contributed by atoms with Crippen molar-refractivity contribution >= 4 is 16.9 Å². The lowest BCUT2D eigenvalue weighted by Crippen LogP contribution is -2.38. The molecule has 3 aromatic carbocycles. The average Bonchev–Trinajstić information content (AvgIpc) is 3.19. The van der Waals surface area contributed by atoms with E-state index in [1.807, 2.05) is 85.1 Å². The number of benzene rings is 3. The quantitative estimate of drug-likeness (QED) is 0.386. The summed E-state index contributed by atoms with van der Waals surface area (Å²) in [5.74, 6) is -0.0987. The summed E-state index contributed by atoms with van der Waals surface area (Å²) < 4.78 is 5.87. The zero-order chi connectivity index (χ0) is 20.8. The van der Waals surface area contributed by atoms with Gasteiger partial charge in [-0.2, -0.15) is 0 Å². The molecular formula is C25H24N2O3. The third-order valence-electron chi connectivity index (χ3n) is 5.10. The van der Waals surface area contributed by atoms with Crippen LogP contribution in [0.3, 0.4) is 0 Å². The van der Waals surface area contributed by atoms with Crippen molar-refractivity contribution in [2.75, 3.05) is 0 Å². The van der Waals surface area contributed by atoms with Crippen LogP contribution in [0.25, 0.3) is 10.9 Å². The number of rotatable bonds is 9. The number of hydrogen-bond acceptors (Lipinski definition) is 3. The molecular weight excluding hydrogens is 376 g/mol. The number of carboxylic acids is 1. The van der Waals surface area contributed by atoms with E-state index in [4.69, 9.17) is 4.74 Å². The zero-order valence-electron chi connectivity index (χ0n) is 16.5. The summed E-state index contributed by atoms with van der Waals surface area (Å²) in [5.41, 5.74) is 4.08. The van der Waals surface area contributed by atoms with E-state index in [0.29, 0.717) is 19.6 Å². The van der Waals surface area contributed by atoms with Crippen LogP contribution in [0.2, 0.25) is 0 Å². The molecule has 0 amide bonds. The van der Waals surface area contributed by atoms with Crippen molar-refractivity contribution in [2.45, 2.75) is 25.6 Å². The minimum Gasteiger partial charge on any atom is -0.489 e. The third kappa shape index (κ3) is 4.88. The molecule has 0 radical (unpaired) electrons. The molecule has 0 aliphatic carbocycles. The summed E-state index contributed by atoms with van der Waals surface area (Å²) in [6.07, 6.45) is 2.30. The van der Waals surface area contributed by atoms with Gasteiger partial charge in [0.1, 0.15) is 18.4 Å². The average molecular weight is 400 g/mol. The van der Waals surface area contributed by atoms with E-state index in [9.17, 15) is 9.90 Å². The minimum absolute atomic E-state index is 0.406. The SMILES string of the molecule is O=C(O)[C@@H](Cc1c[nH]c2ccccc12)NCc1cccc(OCc2ccccc2)c1. The molecule has 3 N–H and O–H groups in total. The molecule has 0 bridgehead atoms. The van der Waals surface area contributed by atoms with Gasteiger partial charge in [0, 0.05) is 30.1 Å². The molecule has 0 aliphatic heterocycles. The van der Waals surface area contributed by atoms with Crippen LogP contribution < -0.4 is 10.1 Å². The van der Waals surface area contributed by atoms with Crippen LogP contribution in [0.4, 0.5) is 0 Å². The first kappa shape index (κ1) is 19.7. The molecule has 0 saturated heterocycles. The number of hydrogen-bond donors (Lipinski definition) is 3. The fourth-order valence-electron chi connectivity index (χ4n) is 3.49. The van der Waals surface area contributed by atoms with Crippen molar-refractivity contribution < 1.29 is 14.6 Å². The Balaban J connectivity index is 1.38. The van der Waals surface area contributed by atoms with E-state index in [-0.39, 0.29) is 0 Å². The Bertz CT molecular complexity index is 1120. The highest BCUT2D eigenvalue weighted by Crippen LogP contribution is 2.20. The van der Waals surface area contributed by atoms with Crippen LogP contribution in [0.1, 0.15) is 16.7 Å². The van der Waals surface area contributed by atoms with E-state index < -0.39 is 12.0 Å². The Morgan fingerprint density at radius 3 is 2.57 bits per heavy atom. The second-order valence-corrected chi connectivity index (χ2v) is 7.26. The molecule has 0 fully saturated rings. The summed E-state index contributed by atoms with van der Waals surface area (Å²) in [4.78, 5) is 15.0. The van der Waals surface area contributed by atoms with Crippen LogP contribution in [0.15, 0.2) is 85.1 Å². The first-order chi connectivity index (χ1) is 14.7. The topological polar surface area (TPSA) is 74.3 Å². The first-order valence-electron chi connectivity index (χ1n) is 9.96. The van der Waals surface area contributed by atoms with Gasteiger partial charge in [0.15, 0.2) is 0 Å². The predicted molar refractivity (Wildman–Crippen MR) is 117 cm³/mol. The van der Waals surface area contributed by atoms with E-state index in [1.165, 1.54) is 0 Å². The number of fused-ring (bicyclic) bond motifs is 1. The molecule has 0 unspecified atom stereocenters. The van der Waals surface area contributed by atoms with Gasteiger partial charge in [0.25, 0.3) is 0 Å². The van der Waals surface area contributed by atoms with Crippen LogP contribution >= 0.6 is 0 Å². The molecule has 1 atom stereocenters. The van der Waals surface area contributed by atoms with Gasteiger partial charge in [-0.05, 0) is 34.9 Å². The zero-order valence-corrected chi connectivity index (χ0v) is 16.5. The number of nitrogens with one attached hydrogen (secondary N) is 2. The number of carbonyl (C=O) groups is 1. The predicted octanol–water partition coefficient (Wildman–Crippen LogP) is 4.53. The number of H-pyrrole nitrogens is 1. The summed E-state index contributed by atoms with van der Waals surface area (Å²) in [6.45, 7) is 0.942. The minimum atomic E-state index is -0.864. The Labute approximate surface area is 175 Å². The van der Waals surface area contributed by atoms with Gasteiger partial charge in [-0.15, -0.1) is 0 Å². The van der Waals surface area contributed by atoms with Gasteiger partial charge < -0.3 is 20.1 Å². The van der Waals surface area contributed by atoms with Gasteiger partial charge in [-0.25, -0.2) is 0 Å². The second kappa shape index (κ2) is 9.29. The van der Waals surface area contributed by atoms with Crippen molar-refractivity contribution in [3.63, 3.8) is 0 Å². The number of carboxylic acid groups (broad SMARTS) is 1. The lowest BCUT2D eigenvalue weighted by Gasteiger charge is -2.15. The lowest BCUT2D eigenvalue weighted by atomic mass is 10.0. The van der Waals surface area contributed by atoms with Crippen LogP contribution in [-0.2, 0) is 24.4 Å². The number of ether oxygens (including phenoxy) is 1. The summed E-state index contributed by atoms with van der Waals surface area (Å²) in [7, 11) is 0. The van der Waals surface area contributed by atoms with Gasteiger partial charge in [-0.1, -0.05) is 60.7 Å². The van der Waals surface area contributed by atoms with E-state index >= 15 is 0 Å². The summed E-state index contributed by atoms with van der Waals surface area (Å²) >= 11 is 0. The number of aliphatic carboxylic acids is 1. The van der Waals surface area contributed by atoms with Crippen LogP contribution in [-0.4, -0.2) is 22.1 Å². The van der Waals surface area contributed by atoms with Gasteiger partial charge >= 0.3 is 5.97 Å².